The van der Waals surface area contributed by atoms with Crippen molar-refractivity contribution in [1.29, 1.82) is 0 Å². The SMILES string of the molecule is COc1cccc(CCC(=O)N2CCN(c3cccc(C(F)(F)F)c3)CC2)c1OC. The number of amides is 1. The molecule has 0 N–H and O–H groups in total. The standard InChI is InChI=1S/C22H25F3N2O3/c1-29-19-8-3-5-16(21(19)30-2)9-10-20(28)27-13-11-26(12-14-27)18-7-4-6-17(15-18)22(23,24)25/h3-8,15H,9-14H2,1-2H3. The molecule has 0 unspecified atom stereocenters. The van der Waals surface area contributed by atoms with Crippen LogP contribution in [-0.4, -0.2) is 51.2 Å². The van der Waals surface area contributed by atoms with Gasteiger partial charge >= 0.3 is 6.18 Å². The smallest absolute Gasteiger partial charge is 0.416 e. The van der Waals surface area contributed by atoms with Gasteiger partial charge in [-0.1, -0.05) is 18.2 Å². The van der Waals surface area contributed by atoms with E-state index in [0.29, 0.717) is 56.2 Å². The minimum absolute atomic E-state index is 0.0172. The van der Waals surface area contributed by atoms with Gasteiger partial charge in [-0.2, -0.15) is 13.2 Å². The fraction of sp³-hybridized carbons (Fsp3) is 0.409. The molecule has 2 aromatic rings. The van der Waals surface area contributed by atoms with Crippen molar-refractivity contribution in [2.24, 2.45) is 0 Å². The zero-order valence-electron chi connectivity index (χ0n) is 17.0. The van der Waals surface area contributed by atoms with Gasteiger partial charge < -0.3 is 19.3 Å². The van der Waals surface area contributed by atoms with E-state index in [-0.39, 0.29) is 5.91 Å². The number of para-hydroxylation sites is 1. The van der Waals surface area contributed by atoms with Crippen molar-refractivity contribution in [1.82, 2.24) is 4.90 Å². The quantitative estimate of drug-likeness (QED) is 0.706. The fourth-order valence-corrected chi connectivity index (χ4v) is 3.64. The number of hydrogen-bond donors (Lipinski definition) is 0. The number of aryl methyl sites for hydroxylation is 1. The first kappa shape index (κ1) is 21.8. The number of alkyl halides is 3. The van der Waals surface area contributed by atoms with E-state index in [1.165, 1.54) is 6.07 Å². The van der Waals surface area contributed by atoms with Gasteiger partial charge in [0.05, 0.1) is 19.8 Å². The lowest BCUT2D eigenvalue weighted by Crippen LogP contribution is -2.48. The molecule has 1 amide bonds. The van der Waals surface area contributed by atoms with Crippen molar-refractivity contribution in [3.8, 4) is 11.5 Å². The van der Waals surface area contributed by atoms with E-state index in [0.717, 1.165) is 17.7 Å². The van der Waals surface area contributed by atoms with Crippen molar-refractivity contribution in [2.75, 3.05) is 45.3 Å². The minimum atomic E-state index is -4.37. The molecule has 0 aromatic heterocycles. The second kappa shape index (κ2) is 9.28. The van der Waals surface area contributed by atoms with Crippen LogP contribution in [0.2, 0.25) is 0 Å². The number of methoxy groups -OCH3 is 2. The van der Waals surface area contributed by atoms with Gasteiger partial charge in [0.15, 0.2) is 11.5 Å². The van der Waals surface area contributed by atoms with E-state index in [2.05, 4.69) is 0 Å². The molecule has 1 aliphatic heterocycles. The summed E-state index contributed by atoms with van der Waals surface area (Å²) in [5, 5.41) is 0. The summed E-state index contributed by atoms with van der Waals surface area (Å²) in [7, 11) is 3.13. The lowest BCUT2D eigenvalue weighted by atomic mass is 10.1. The lowest BCUT2D eigenvalue weighted by molar-refractivity contribution is -0.137. The number of piperazine rings is 1. The van der Waals surface area contributed by atoms with E-state index in [4.69, 9.17) is 9.47 Å². The van der Waals surface area contributed by atoms with Gasteiger partial charge in [0.1, 0.15) is 0 Å². The summed E-state index contributed by atoms with van der Waals surface area (Å²) in [6.07, 6.45) is -3.52. The molecule has 30 heavy (non-hydrogen) atoms. The molecule has 5 nitrogen and oxygen atoms in total. The van der Waals surface area contributed by atoms with Crippen molar-refractivity contribution in [3.63, 3.8) is 0 Å². The molecule has 0 radical (unpaired) electrons. The third kappa shape index (κ3) is 4.98. The minimum Gasteiger partial charge on any atom is -0.493 e. The van der Waals surface area contributed by atoms with Crippen LogP contribution in [-0.2, 0) is 17.4 Å². The molecule has 8 heteroatoms. The molecule has 0 saturated carbocycles. The van der Waals surface area contributed by atoms with Gasteiger partial charge in [-0.05, 0) is 36.2 Å². The van der Waals surface area contributed by atoms with Gasteiger partial charge in [0.25, 0.3) is 0 Å². The second-order valence-electron chi connectivity index (χ2n) is 7.07. The van der Waals surface area contributed by atoms with Crippen LogP contribution in [0.1, 0.15) is 17.5 Å². The van der Waals surface area contributed by atoms with E-state index in [9.17, 15) is 18.0 Å². The Morgan fingerprint density at radius 2 is 1.70 bits per heavy atom. The number of carbonyl (C=O) groups is 1. The first-order valence-electron chi connectivity index (χ1n) is 9.73. The first-order chi connectivity index (χ1) is 14.3. The predicted octanol–water partition coefficient (Wildman–Crippen LogP) is 4.00. The van der Waals surface area contributed by atoms with Crippen LogP contribution in [0.4, 0.5) is 18.9 Å². The Labute approximate surface area is 174 Å². The lowest BCUT2D eigenvalue weighted by Gasteiger charge is -2.36. The molecule has 3 rings (SSSR count). The zero-order chi connectivity index (χ0) is 21.7. The highest BCUT2D eigenvalue weighted by Gasteiger charge is 2.31. The summed E-state index contributed by atoms with van der Waals surface area (Å²) < 4.78 is 49.5. The maximum Gasteiger partial charge on any atom is 0.416 e. The highest BCUT2D eigenvalue weighted by atomic mass is 19.4. The van der Waals surface area contributed by atoms with Crippen LogP contribution in [0, 0.1) is 0 Å². The highest BCUT2D eigenvalue weighted by Crippen LogP contribution is 2.33. The van der Waals surface area contributed by atoms with Crippen LogP contribution in [0.15, 0.2) is 42.5 Å². The zero-order valence-corrected chi connectivity index (χ0v) is 17.0. The number of rotatable bonds is 6. The maximum absolute atomic E-state index is 12.9. The average Bonchev–Trinajstić information content (AvgIpc) is 2.76. The number of ether oxygens (including phenoxy) is 2. The molecule has 0 spiro atoms. The summed E-state index contributed by atoms with van der Waals surface area (Å²) >= 11 is 0. The summed E-state index contributed by atoms with van der Waals surface area (Å²) in [5.41, 5.74) is 0.761. The van der Waals surface area contributed by atoms with Crippen LogP contribution in [0.5, 0.6) is 11.5 Å². The Hall–Kier alpha value is -2.90. The van der Waals surface area contributed by atoms with Gasteiger partial charge in [-0.25, -0.2) is 0 Å². The maximum atomic E-state index is 12.9. The third-order valence-corrected chi connectivity index (χ3v) is 5.26. The number of carbonyl (C=O) groups excluding carboxylic acids is 1. The normalized spacial score (nSPS) is 14.6. The van der Waals surface area contributed by atoms with E-state index < -0.39 is 11.7 Å². The Morgan fingerprint density at radius 3 is 2.33 bits per heavy atom. The van der Waals surface area contributed by atoms with Gasteiger partial charge in [-0.3, -0.25) is 4.79 Å². The van der Waals surface area contributed by atoms with Crippen molar-refractivity contribution >= 4 is 11.6 Å². The fourth-order valence-electron chi connectivity index (χ4n) is 3.64. The Bertz CT molecular complexity index is 878. The number of halogens is 3. The number of anilines is 1. The van der Waals surface area contributed by atoms with E-state index >= 15 is 0 Å². The molecule has 1 saturated heterocycles. The molecule has 1 heterocycles. The van der Waals surface area contributed by atoms with Gasteiger partial charge in [-0.15, -0.1) is 0 Å². The topological polar surface area (TPSA) is 42.0 Å². The summed E-state index contributed by atoms with van der Waals surface area (Å²) in [6.45, 7) is 1.94. The Morgan fingerprint density at radius 1 is 1.00 bits per heavy atom. The molecule has 0 aliphatic carbocycles. The van der Waals surface area contributed by atoms with Crippen LogP contribution >= 0.6 is 0 Å². The molecule has 162 valence electrons. The van der Waals surface area contributed by atoms with Crippen molar-refractivity contribution < 1.29 is 27.4 Å². The largest absolute Gasteiger partial charge is 0.493 e. The third-order valence-electron chi connectivity index (χ3n) is 5.26. The number of hydrogen-bond acceptors (Lipinski definition) is 4. The summed E-state index contributed by atoms with van der Waals surface area (Å²) in [6, 6.07) is 10.9. The Kier molecular flexibility index (Phi) is 6.74. The summed E-state index contributed by atoms with van der Waals surface area (Å²) in [5.74, 6) is 1.27. The number of benzene rings is 2. The van der Waals surface area contributed by atoms with E-state index in [1.807, 2.05) is 17.0 Å². The molecule has 0 bridgehead atoms. The summed E-state index contributed by atoms with van der Waals surface area (Å²) in [4.78, 5) is 16.3. The van der Waals surface area contributed by atoms with Crippen LogP contribution < -0.4 is 14.4 Å². The molecular weight excluding hydrogens is 397 g/mol. The number of nitrogens with zero attached hydrogens (tertiary/aromatic N) is 2. The highest BCUT2D eigenvalue weighted by molar-refractivity contribution is 5.77. The second-order valence-corrected chi connectivity index (χ2v) is 7.07. The molecule has 0 atom stereocenters. The van der Waals surface area contributed by atoms with Crippen molar-refractivity contribution in [2.45, 2.75) is 19.0 Å². The Balaban J connectivity index is 1.56. The molecule has 1 fully saturated rings. The van der Waals surface area contributed by atoms with E-state index in [1.54, 1.807) is 31.3 Å². The molecule has 2 aromatic carbocycles. The van der Waals surface area contributed by atoms with Crippen LogP contribution in [0.25, 0.3) is 0 Å². The predicted molar refractivity (Wildman–Crippen MR) is 108 cm³/mol. The van der Waals surface area contributed by atoms with Gasteiger partial charge in [0.2, 0.25) is 5.91 Å². The molecular formula is C22H25F3N2O3. The first-order valence-corrected chi connectivity index (χ1v) is 9.73. The average molecular weight is 422 g/mol. The van der Waals surface area contributed by atoms with Crippen molar-refractivity contribution in [3.05, 3.63) is 53.6 Å². The molecule has 1 aliphatic rings. The van der Waals surface area contributed by atoms with Crippen LogP contribution in [0.3, 0.4) is 0 Å². The van der Waals surface area contributed by atoms with Gasteiger partial charge in [0, 0.05) is 38.3 Å². The monoisotopic (exact) mass is 422 g/mol.